The molecule has 0 saturated carbocycles. The van der Waals surface area contributed by atoms with Gasteiger partial charge < -0.3 is 15.5 Å². The normalized spacial score (nSPS) is 15.2. The Morgan fingerprint density at radius 2 is 1.84 bits per heavy atom. The fraction of sp³-hybridized carbons (Fsp3) is 0.267. The molecule has 196 valence electrons. The van der Waals surface area contributed by atoms with E-state index in [2.05, 4.69) is 49.0 Å². The third-order valence-electron chi connectivity index (χ3n) is 6.41. The number of rotatable bonds is 9. The first-order valence-corrected chi connectivity index (χ1v) is 12.8. The summed E-state index contributed by atoms with van der Waals surface area (Å²) in [5.74, 6) is 0.259. The molecule has 0 aliphatic carbocycles. The first-order valence-electron chi connectivity index (χ1n) is 12.8. The maximum absolute atomic E-state index is 13.0. The maximum Gasteiger partial charge on any atom is 0.255 e. The van der Waals surface area contributed by atoms with Crippen molar-refractivity contribution in [2.75, 3.05) is 38.5 Å². The molecule has 1 saturated heterocycles. The van der Waals surface area contributed by atoms with E-state index in [0.29, 0.717) is 22.9 Å². The summed E-state index contributed by atoms with van der Waals surface area (Å²) in [6.07, 6.45) is 8.86. The van der Waals surface area contributed by atoms with Gasteiger partial charge in [0.2, 0.25) is 5.95 Å². The van der Waals surface area contributed by atoms with Crippen molar-refractivity contribution in [1.29, 1.82) is 0 Å². The summed E-state index contributed by atoms with van der Waals surface area (Å²) < 4.78 is 0. The Morgan fingerprint density at radius 1 is 1.08 bits per heavy atom. The molecular weight excluding hydrogens is 474 g/mol. The van der Waals surface area contributed by atoms with Gasteiger partial charge in [0.15, 0.2) is 0 Å². The number of benzene rings is 1. The highest BCUT2D eigenvalue weighted by Gasteiger charge is 2.14. The quantitative estimate of drug-likeness (QED) is 0.411. The highest BCUT2D eigenvalue weighted by Crippen LogP contribution is 2.18. The van der Waals surface area contributed by atoms with Crippen LogP contribution in [0.1, 0.15) is 29.8 Å². The fourth-order valence-corrected chi connectivity index (χ4v) is 4.06. The Morgan fingerprint density at radius 3 is 2.50 bits per heavy atom. The van der Waals surface area contributed by atoms with E-state index in [1.165, 1.54) is 5.56 Å². The Labute approximate surface area is 224 Å². The fourth-order valence-electron chi connectivity index (χ4n) is 4.06. The molecule has 1 aliphatic heterocycles. The van der Waals surface area contributed by atoms with Crippen LogP contribution in [0, 0.1) is 0 Å². The average molecular weight is 510 g/mol. The second-order valence-corrected chi connectivity index (χ2v) is 9.45. The summed E-state index contributed by atoms with van der Waals surface area (Å²) in [7, 11) is 2.16. The lowest BCUT2D eigenvalue weighted by Crippen LogP contribution is -2.43. The van der Waals surface area contributed by atoms with Crippen LogP contribution in [-0.4, -0.2) is 63.9 Å². The molecule has 8 nitrogen and oxygen atoms in total. The number of nitrogens with zero attached hydrogens (tertiary/aromatic N) is 5. The van der Waals surface area contributed by atoms with Crippen LogP contribution in [0.2, 0.25) is 0 Å². The van der Waals surface area contributed by atoms with Crippen molar-refractivity contribution < 1.29 is 4.79 Å². The molecule has 4 rings (SSSR count). The van der Waals surface area contributed by atoms with Crippen molar-refractivity contribution in [3.8, 4) is 11.3 Å². The highest BCUT2D eigenvalue weighted by molar-refractivity contribution is 5.95. The molecule has 38 heavy (non-hydrogen) atoms. The minimum atomic E-state index is -0.170. The molecule has 2 N–H and O–H groups in total. The number of anilines is 1. The van der Waals surface area contributed by atoms with Crippen molar-refractivity contribution in [2.45, 2.75) is 20.4 Å². The van der Waals surface area contributed by atoms with Crippen LogP contribution in [0.15, 0.2) is 96.8 Å². The Balaban J connectivity index is 1.41. The Kier molecular flexibility index (Phi) is 9.13. The number of aromatic nitrogens is 3. The van der Waals surface area contributed by atoms with E-state index in [1.54, 1.807) is 18.6 Å². The van der Waals surface area contributed by atoms with Gasteiger partial charge >= 0.3 is 0 Å². The summed E-state index contributed by atoms with van der Waals surface area (Å²) in [4.78, 5) is 30.9. The van der Waals surface area contributed by atoms with E-state index in [0.717, 1.165) is 49.6 Å². The van der Waals surface area contributed by atoms with E-state index < -0.39 is 0 Å². The molecule has 0 spiro atoms. The van der Waals surface area contributed by atoms with Crippen LogP contribution in [0.5, 0.6) is 0 Å². The van der Waals surface area contributed by atoms with Gasteiger partial charge in [-0.15, -0.1) is 0 Å². The maximum atomic E-state index is 13.0. The van der Waals surface area contributed by atoms with Crippen molar-refractivity contribution >= 4 is 11.9 Å². The van der Waals surface area contributed by atoms with Crippen LogP contribution in [0.3, 0.4) is 0 Å². The zero-order chi connectivity index (χ0) is 26.9. The Bertz CT molecular complexity index is 1310. The van der Waals surface area contributed by atoms with Crippen molar-refractivity contribution in [3.05, 3.63) is 108 Å². The molecule has 3 heterocycles. The molecule has 1 aromatic carbocycles. The van der Waals surface area contributed by atoms with Crippen molar-refractivity contribution in [3.63, 3.8) is 0 Å². The molecular formula is C30H35N7O. The van der Waals surface area contributed by atoms with Gasteiger partial charge in [0.05, 0.1) is 5.69 Å². The van der Waals surface area contributed by atoms with Crippen molar-refractivity contribution in [2.24, 2.45) is 0 Å². The van der Waals surface area contributed by atoms with E-state index in [-0.39, 0.29) is 5.91 Å². The number of piperazine rings is 1. The number of hydrogen-bond acceptors (Lipinski definition) is 7. The molecule has 0 radical (unpaired) electrons. The van der Waals surface area contributed by atoms with Gasteiger partial charge in [-0.05, 0) is 68.4 Å². The highest BCUT2D eigenvalue weighted by atomic mass is 16.1. The number of carbonyl (C=O) groups is 1. The summed E-state index contributed by atoms with van der Waals surface area (Å²) in [5, 5.41) is 6.23. The van der Waals surface area contributed by atoms with E-state index in [1.807, 2.05) is 68.5 Å². The first-order chi connectivity index (χ1) is 18.4. The zero-order valence-electron chi connectivity index (χ0n) is 22.3. The molecule has 0 atom stereocenters. The minimum Gasteiger partial charge on any atom is -0.324 e. The summed E-state index contributed by atoms with van der Waals surface area (Å²) in [5.41, 5.74) is 5.59. The standard InChI is InChI=1S/C30H35N7O/c1-5-26(33-29(38)24-10-8-23(9-11-24)21-37-17-15-36(4)16-18-37)19-28(22(2)3)35-30-32-14-12-27(34-30)25-7-6-13-31-20-25/h5-14,19-20H,2,15-18,21H2,1,3-4H3,(H,33,38)(H,32,34,35)/b26-5+,28-19+. The van der Waals surface area contributed by atoms with E-state index in [9.17, 15) is 4.79 Å². The minimum absolute atomic E-state index is 0.170. The molecule has 0 bridgehead atoms. The lowest BCUT2D eigenvalue weighted by atomic mass is 10.1. The number of allylic oxidation sites excluding steroid dienone is 3. The summed E-state index contributed by atoms with van der Waals surface area (Å²) in [6.45, 7) is 13.0. The van der Waals surface area contributed by atoms with Crippen LogP contribution in [0.25, 0.3) is 11.3 Å². The number of pyridine rings is 1. The number of likely N-dealkylation sites (N-methyl/N-ethyl adjacent to an activating group) is 1. The second-order valence-electron chi connectivity index (χ2n) is 9.45. The van der Waals surface area contributed by atoms with Gasteiger partial charge in [0.25, 0.3) is 5.91 Å². The molecule has 3 aromatic rings. The van der Waals surface area contributed by atoms with Gasteiger partial charge in [-0.25, -0.2) is 9.97 Å². The first kappa shape index (κ1) is 26.9. The van der Waals surface area contributed by atoms with Crippen LogP contribution < -0.4 is 10.6 Å². The summed E-state index contributed by atoms with van der Waals surface area (Å²) in [6, 6.07) is 13.5. The third-order valence-corrected chi connectivity index (χ3v) is 6.41. The molecule has 1 fully saturated rings. The molecule has 0 unspecified atom stereocenters. The molecule has 1 aliphatic rings. The monoisotopic (exact) mass is 509 g/mol. The summed E-state index contributed by atoms with van der Waals surface area (Å²) >= 11 is 0. The molecule has 2 aromatic heterocycles. The van der Waals surface area contributed by atoms with Gasteiger partial charge in [-0.2, -0.15) is 0 Å². The van der Waals surface area contributed by atoms with Crippen LogP contribution >= 0.6 is 0 Å². The van der Waals surface area contributed by atoms with Gasteiger partial charge in [0, 0.05) is 73.8 Å². The number of hydrogen-bond donors (Lipinski definition) is 2. The molecule has 8 heteroatoms. The van der Waals surface area contributed by atoms with E-state index >= 15 is 0 Å². The van der Waals surface area contributed by atoms with Crippen LogP contribution in [0.4, 0.5) is 5.95 Å². The second kappa shape index (κ2) is 12.9. The molecule has 1 amide bonds. The number of amides is 1. The topological polar surface area (TPSA) is 86.3 Å². The lowest BCUT2D eigenvalue weighted by Gasteiger charge is -2.32. The largest absolute Gasteiger partial charge is 0.324 e. The average Bonchev–Trinajstić information content (AvgIpc) is 2.94. The van der Waals surface area contributed by atoms with Gasteiger partial charge in [-0.3, -0.25) is 14.7 Å². The van der Waals surface area contributed by atoms with Crippen molar-refractivity contribution in [1.82, 2.24) is 30.1 Å². The van der Waals surface area contributed by atoms with Crippen LogP contribution in [-0.2, 0) is 6.54 Å². The SMILES string of the molecule is C=C(C)/C(=C\C(=C/C)NC(=O)c1ccc(CN2CCN(C)CC2)cc1)Nc1nccc(-c2cccnc2)n1. The van der Waals surface area contributed by atoms with Gasteiger partial charge in [0.1, 0.15) is 0 Å². The van der Waals surface area contributed by atoms with E-state index in [4.69, 9.17) is 0 Å². The predicted octanol–water partition coefficient (Wildman–Crippen LogP) is 4.49. The number of nitrogens with one attached hydrogen (secondary N) is 2. The van der Waals surface area contributed by atoms with Gasteiger partial charge in [-0.1, -0.05) is 24.8 Å². The Hall–Kier alpha value is -4.14. The lowest BCUT2D eigenvalue weighted by molar-refractivity contribution is 0.0967. The number of carbonyl (C=O) groups excluding carboxylic acids is 1. The zero-order valence-corrected chi connectivity index (χ0v) is 22.3. The predicted molar refractivity (Wildman–Crippen MR) is 152 cm³/mol. The smallest absolute Gasteiger partial charge is 0.255 e. The third kappa shape index (κ3) is 7.44.